The van der Waals surface area contributed by atoms with Crippen LogP contribution >= 0.6 is 0 Å². The van der Waals surface area contributed by atoms with Gasteiger partial charge in [0.2, 0.25) is 0 Å². The third-order valence-electron chi connectivity index (χ3n) is 5.94. The minimum absolute atomic E-state index is 0.156. The molecular formula is C25H27NO2. The van der Waals surface area contributed by atoms with Gasteiger partial charge in [-0.2, -0.15) is 0 Å². The second-order valence-electron chi connectivity index (χ2n) is 7.43. The Morgan fingerprint density at radius 1 is 0.786 bits per heavy atom. The van der Waals surface area contributed by atoms with Crippen LogP contribution in [0.2, 0.25) is 0 Å². The van der Waals surface area contributed by atoms with Gasteiger partial charge in [-0.25, -0.2) is 0 Å². The van der Waals surface area contributed by atoms with Crippen LogP contribution in [-0.4, -0.2) is 25.3 Å². The monoisotopic (exact) mass is 373 g/mol. The Hall–Kier alpha value is -2.78. The first kappa shape index (κ1) is 18.6. The molecule has 0 saturated carbocycles. The maximum atomic E-state index is 12.0. The number of hydrogen-bond donors (Lipinski definition) is 1. The molecule has 0 aliphatic carbocycles. The van der Waals surface area contributed by atoms with E-state index in [0.717, 1.165) is 48.5 Å². The highest BCUT2D eigenvalue weighted by Gasteiger charge is 2.41. The van der Waals surface area contributed by atoms with Gasteiger partial charge < -0.3 is 14.7 Å². The third-order valence-corrected chi connectivity index (χ3v) is 5.94. The molecule has 3 heteroatoms. The van der Waals surface area contributed by atoms with E-state index in [9.17, 15) is 5.11 Å². The van der Waals surface area contributed by atoms with Gasteiger partial charge >= 0.3 is 0 Å². The van der Waals surface area contributed by atoms with Crippen molar-refractivity contribution in [3.63, 3.8) is 0 Å². The SMILES string of the molecule is COc1ccccc1N1CCC(C(O)(c2ccccc2)c2ccccc2)CC1. The lowest BCUT2D eigenvalue weighted by molar-refractivity contribution is 0.00503. The summed E-state index contributed by atoms with van der Waals surface area (Å²) >= 11 is 0. The van der Waals surface area contributed by atoms with Crippen LogP contribution in [0.15, 0.2) is 84.9 Å². The fourth-order valence-electron chi connectivity index (χ4n) is 4.45. The van der Waals surface area contributed by atoms with Crippen molar-refractivity contribution in [1.82, 2.24) is 0 Å². The number of nitrogens with zero attached hydrogens (tertiary/aromatic N) is 1. The van der Waals surface area contributed by atoms with Crippen molar-refractivity contribution in [1.29, 1.82) is 0 Å². The number of piperidine rings is 1. The van der Waals surface area contributed by atoms with Crippen LogP contribution in [0.1, 0.15) is 24.0 Å². The lowest BCUT2D eigenvalue weighted by atomic mass is 9.72. The number of hydrogen-bond acceptors (Lipinski definition) is 3. The normalized spacial score (nSPS) is 15.4. The predicted molar refractivity (Wildman–Crippen MR) is 114 cm³/mol. The van der Waals surface area contributed by atoms with Crippen molar-refractivity contribution in [3.8, 4) is 5.75 Å². The quantitative estimate of drug-likeness (QED) is 0.694. The molecule has 0 amide bonds. The second kappa shape index (κ2) is 8.07. The van der Waals surface area contributed by atoms with E-state index in [1.807, 2.05) is 78.9 Å². The summed E-state index contributed by atoms with van der Waals surface area (Å²) in [6.45, 7) is 1.79. The van der Waals surface area contributed by atoms with Crippen molar-refractivity contribution >= 4 is 5.69 Å². The molecule has 0 bridgehead atoms. The Morgan fingerprint density at radius 2 is 1.29 bits per heavy atom. The maximum absolute atomic E-state index is 12.0. The van der Waals surface area contributed by atoms with Gasteiger partial charge in [0, 0.05) is 13.1 Å². The summed E-state index contributed by atoms with van der Waals surface area (Å²) in [4.78, 5) is 2.37. The first-order chi connectivity index (χ1) is 13.7. The molecule has 1 aliphatic rings. The summed E-state index contributed by atoms with van der Waals surface area (Å²) in [5.41, 5.74) is 2.09. The van der Waals surface area contributed by atoms with Crippen molar-refractivity contribution < 1.29 is 9.84 Å². The average molecular weight is 373 g/mol. The van der Waals surface area contributed by atoms with Gasteiger partial charge in [0.05, 0.1) is 12.8 Å². The highest BCUT2D eigenvalue weighted by Crippen LogP contribution is 2.43. The number of rotatable bonds is 5. The van der Waals surface area contributed by atoms with Gasteiger partial charge in [-0.3, -0.25) is 0 Å². The van der Waals surface area contributed by atoms with Crippen molar-refractivity contribution in [2.75, 3.05) is 25.1 Å². The van der Waals surface area contributed by atoms with E-state index in [1.54, 1.807) is 7.11 Å². The van der Waals surface area contributed by atoms with E-state index in [2.05, 4.69) is 11.0 Å². The molecule has 1 saturated heterocycles. The van der Waals surface area contributed by atoms with Crippen LogP contribution in [0, 0.1) is 5.92 Å². The van der Waals surface area contributed by atoms with Gasteiger partial charge in [-0.15, -0.1) is 0 Å². The predicted octanol–water partition coefficient (Wildman–Crippen LogP) is 4.85. The molecule has 1 fully saturated rings. The molecule has 144 valence electrons. The van der Waals surface area contributed by atoms with Gasteiger partial charge in [0.25, 0.3) is 0 Å². The number of ether oxygens (including phenoxy) is 1. The Labute approximate surface area is 167 Å². The molecule has 3 aromatic rings. The summed E-state index contributed by atoms with van der Waals surface area (Å²) in [6.07, 6.45) is 1.83. The minimum atomic E-state index is -0.977. The molecule has 1 heterocycles. The molecule has 0 aromatic heterocycles. The van der Waals surface area contributed by atoms with Crippen LogP contribution in [0.25, 0.3) is 0 Å². The highest BCUT2D eigenvalue weighted by molar-refractivity contribution is 5.58. The summed E-state index contributed by atoms with van der Waals surface area (Å²) in [7, 11) is 1.72. The number of aliphatic hydroxyl groups is 1. The van der Waals surface area contributed by atoms with Crippen LogP contribution in [0.3, 0.4) is 0 Å². The van der Waals surface area contributed by atoms with E-state index in [1.165, 1.54) is 0 Å². The Balaban J connectivity index is 1.62. The van der Waals surface area contributed by atoms with Crippen LogP contribution in [0.4, 0.5) is 5.69 Å². The third kappa shape index (κ3) is 3.38. The fourth-order valence-corrected chi connectivity index (χ4v) is 4.45. The lowest BCUT2D eigenvalue weighted by Crippen LogP contribution is -2.44. The molecule has 1 aliphatic heterocycles. The molecule has 0 atom stereocenters. The van der Waals surface area contributed by atoms with Crippen molar-refractivity contribution in [3.05, 3.63) is 96.1 Å². The van der Waals surface area contributed by atoms with Crippen molar-refractivity contribution in [2.24, 2.45) is 5.92 Å². The average Bonchev–Trinajstić information content (AvgIpc) is 2.80. The molecule has 3 aromatic carbocycles. The molecule has 1 N–H and O–H groups in total. The zero-order valence-electron chi connectivity index (χ0n) is 16.3. The van der Waals surface area contributed by atoms with Gasteiger partial charge in [0.1, 0.15) is 11.4 Å². The standard InChI is InChI=1S/C25H27NO2/c1-28-24-15-9-8-14-23(24)26-18-16-22(17-19-26)25(27,20-10-4-2-5-11-20)21-12-6-3-7-13-21/h2-15,22,27H,16-19H2,1H3. The number of methoxy groups -OCH3 is 1. The first-order valence-corrected chi connectivity index (χ1v) is 9.95. The molecule has 0 unspecified atom stereocenters. The summed E-state index contributed by atoms with van der Waals surface area (Å²) < 4.78 is 5.54. The number of anilines is 1. The Kier molecular flexibility index (Phi) is 5.36. The van der Waals surface area contributed by atoms with E-state index in [4.69, 9.17) is 4.74 Å². The van der Waals surface area contributed by atoms with E-state index in [0.29, 0.717) is 0 Å². The van der Waals surface area contributed by atoms with Crippen LogP contribution in [-0.2, 0) is 5.60 Å². The maximum Gasteiger partial charge on any atom is 0.142 e. The smallest absolute Gasteiger partial charge is 0.142 e. The number of benzene rings is 3. The van der Waals surface area contributed by atoms with Crippen LogP contribution < -0.4 is 9.64 Å². The summed E-state index contributed by atoms with van der Waals surface area (Å²) in [5, 5.41) is 12.0. The molecular weight excluding hydrogens is 346 g/mol. The van der Waals surface area contributed by atoms with Gasteiger partial charge in [-0.05, 0) is 42.0 Å². The zero-order valence-corrected chi connectivity index (χ0v) is 16.3. The Bertz CT molecular complexity index is 847. The zero-order chi connectivity index (χ0) is 19.4. The van der Waals surface area contributed by atoms with E-state index in [-0.39, 0.29) is 5.92 Å². The minimum Gasteiger partial charge on any atom is -0.495 e. The highest BCUT2D eigenvalue weighted by atomic mass is 16.5. The summed E-state index contributed by atoms with van der Waals surface area (Å²) in [6, 6.07) is 28.4. The molecule has 0 radical (unpaired) electrons. The fraction of sp³-hybridized carbons (Fsp3) is 0.280. The van der Waals surface area contributed by atoms with E-state index < -0.39 is 5.60 Å². The molecule has 4 rings (SSSR count). The van der Waals surface area contributed by atoms with Crippen molar-refractivity contribution in [2.45, 2.75) is 18.4 Å². The first-order valence-electron chi connectivity index (χ1n) is 9.95. The lowest BCUT2D eigenvalue weighted by Gasteiger charge is -2.43. The molecule has 0 spiro atoms. The second-order valence-corrected chi connectivity index (χ2v) is 7.43. The molecule has 28 heavy (non-hydrogen) atoms. The van der Waals surface area contributed by atoms with Crippen LogP contribution in [0.5, 0.6) is 5.75 Å². The van der Waals surface area contributed by atoms with Gasteiger partial charge in [0.15, 0.2) is 0 Å². The Morgan fingerprint density at radius 3 is 1.82 bits per heavy atom. The largest absolute Gasteiger partial charge is 0.495 e. The summed E-state index contributed by atoms with van der Waals surface area (Å²) in [5.74, 6) is 1.06. The molecule has 3 nitrogen and oxygen atoms in total. The topological polar surface area (TPSA) is 32.7 Å². The van der Waals surface area contributed by atoms with Gasteiger partial charge in [-0.1, -0.05) is 72.8 Å². The van der Waals surface area contributed by atoms with E-state index >= 15 is 0 Å². The number of para-hydroxylation sites is 2.